The molecule has 2 heterocycles. The van der Waals surface area contributed by atoms with Crippen LogP contribution in [0, 0.1) is 12.8 Å². The van der Waals surface area contributed by atoms with Gasteiger partial charge in [-0.25, -0.2) is 9.78 Å². The van der Waals surface area contributed by atoms with Crippen molar-refractivity contribution in [1.29, 1.82) is 0 Å². The van der Waals surface area contributed by atoms with E-state index in [1.807, 2.05) is 25.1 Å². The minimum Gasteiger partial charge on any atom is -0.461 e. The summed E-state index contributed by atoms with van der Waals surface area (Å²) in [5.74, 6) is 0.163. The van der Waals surface area contributed by atoms with Gasteiger partial charge in [-0.1, -0.05) is 32.0 Å². The summed E-state index contributed by atoms with van der Waals surface area (Å²) in [6.45, 7) is 9.45. The summed E-state index contributed by atoms with van der Waals surface area (Å²) >= 11 is 0. The molecule has 1 aromatic carbocycles. The summed E-state index contributed by atoms with van der Waals surface area (Å²) in [6, 6.07) is 10.2. The van der Waals surface area contributed by atoms with Crippen LogP contribution in [0.25, 0.3) is 21.8 Å². The molecule has 0 atom stereocenters. The fourth-order valence-electron chi connectivity index (χ4n) is 3.13. The van der Waals surface area contributed by atoms with Gasteiger partial charge in [0.1, 0.15) is 5.69 Å². The minimum atomic E-state index is -0.363. The van der Waals surface area contributed by atoms with Gasteiger partial charge in [-0.3, -0.25) is 0 Å². The molecule has 0 radical (unpaired) electrons. The zero-order valence-corrected chi connectivity index (χ0v) is 14.1. The normalized spacial score (nSPS) is 11.5. The molecule has 4 heteroatoms. The van der Waals surface area contributed by atoms with Crippen molar-refractivity contribution >= 4 is 27.8 Å². The molecule has 0 spiro atoms. The zero-order valence-electron chi connectivity index (χ0n) is 14.1. The maximum absolute atomic E-state index is 12.1. The molecule has 0 aliphatic carbocycles. The molecule has 0 N–H and O–H groups in total. The van der Waals surface area contributed by atoms with Gasteiger partial charge in [0, 0.05) is 22.8 Å². The van der Waals surface area contributed by atoms with Crippen LogP contribution in [0.4, 0.5) is 0 Å². The molecule has 120 valence electrons. The fourth-order valence-corrected chi connectivity index (χ4v) is 3.13. The SMILES string of the molecule is CCOC(=O)c1cc2c3ccccc3n(CC(C)C)c2c(C)n1. The average Bonchev–Trinajstić information content (AvgIpc) is 2.82. The number of nitrogens with zero attached hydrogens (tertiary/aromatic N) is 2. The van der Waals surface area contributed by atoms with E-state index in [0.29, 0.717) is 18.2 Å². The van der Waals surface area contributed by atoms with Gasteiger partial charge in [-0.2, -0.15) is 0 Å². The van der Waals surface area contributed by atoms with E-state index in [2.05, 4.69) is 35.5 Å². The van der Waals surface area contributed by atoms with Crippen molar-refractivity contribution in [3.05, 3.63) is 41.7 Å². The average molecular weight is 310 g/mol. The molecule has 0 bridgehead atoms. The Hall–Kier alpha value is -2.36. The van der Waals surface area contributed by atoms with Crippen LogP contribution in [0.5, 0.6) is 0 Å². The van der Waals surface area contributed by atoms with Crippen LogP contribution in [0.1, 0.15) is 37.0 Å². The second-order valence-corrected chi connectivity index (χ2v) is 6.23. The number of carbonyl (C=O) groups is 1. The first-order valence-electron chi connectivity index (χ1n) is 8.08. The van der Waals surface area contributed by atoms with Gasteiger partial charge in [-0.15, -0.1) is 0 Å². The highest BCUT2D eigenvalue weighted by molar-refractivity contribution is 6.10. The molecular weight excluding hydrogens is 288 g/mol. The van der Waals surface area contributed by atoms with Gasteiger partial charge in [-0.05, 0) is 31.9 Å². The van der Waals surface area contributed by atoms with E-state index < -0.39 is 0 Å². The van der Waals surface area contributed by atoms with Crippen molar-refractivity contribution in [2.75, 3.05) is 6.61 Å². The van der Waals surface area contributed by atoms with E-state index in [1.54, 1.807) is 6.92 Å². The van der Waals surface area contributed by atoms with Crippen LogP contribution in [0.2, 0.25) is 0 Å². The van der Waals surface area contributed by atoms with Crippen LogP contribution < -0.4 is 0 Å². The lowest BCUT2D eigenvalue weighted by molar-refractivity contribution is 0.0519. The Bertz CT molecular complexity index is 878. The molecule has 23 heavy (non-hydrogen) atoms. The smallest absolute Gasteiger partial charge is 0.356 e. The third-order valence-electron chi connectivity index (χ3n) is 3.95. The highest BCUT2D eigenvalue weighted by Gasteiger charge is 2.18. The lowest BCUT2D eigenvalue weighted by atomic mass is 10.1. The molecule has 0 aliphatic heterocycles. The van der Waals surface area contributed by atoms with E-state index in [9.17, 15) is 4.79 Å². The summed E-state index contributed by atoms with van der Waals surface area (Å²) in [5, 5.41) is 2.22. The van der Waals surface area contributed by atoms with Gasteiger partial charge in [0.05, 0.1) is 17.8 Å². The highest BCUT2D eigenvalue weighted by Crippen LogP contribution is 2.31. The number of rotatable bonds is 4. The van der Waals surface area contributed by atoms with Gasteiger partial charge in [0.15, 0.2) is 0 Å². The lowest BCUT2D eigenvalue weighted by Gasteiger charge is -2.12. The summed E-state index contributed by atoms with van der Waals surface area (Å²) in [4.78, 5) is 16.6. The maximum Gasteiger partial charge on any atom is 0.356 e. The molecular formula is C19H22N2O2. The minimum absolute atomic E-state index is 0.354. The molecule has 0 amide bonds. The van der Waals surface area contributed by atoms with Crippen molar-refractivity contribution in [2.24, 2.45) is 5.92 Å². The first kappa shape index (κ1) is 15.5. The van der Waals surface area contributed by atoms with Crippen LogP contribution in [-0.2, 0) is 11.3 Å². The lowest BCUT2D eigenvalue weighted by Crippen LogP contribution is -2.09. The Morgan fingerprint density at radius 2 is 2.00 bits per heavy atom. The second-order valence-electron chi connectivity index (χ2n) is 6.23. The predicted molar refractivity (Wildman–Crippen MR) is 92.8 cm³/mol. The molecule has 3 rings (SSSR count). The topological polar surface area (TPSA) is 44.1 Å². The van der Waals surface area contributed by atoms with E-state index in [0.717, 1.165) is 28.5 Å². The van der Waals surface area contributed by atoms with Gasteiger partial charge in [0.2, 0.25) is 0 Å². The summed E-state index contributed by atoms with van der Waals surface area (Å²) in [6.07, 6.45) is 0. The molecule has 0 saturated heterocycles. The number of ether oxygens (including phenoxy) is 1. The monoisotopic (exact) mass is 310 g/mol. The number of fused-ring (bicyclic) bond motifs is 3. The van der Waals surface area contributed by atoms with Crippen LogP contribution in [0.3, 0.4) is 0 Å². The fraction of sp³-hybridized carbons (Fsp3) is 0.368. The Labute approximate surface area is 136 Å². The van der Waals surface area contributed by atoms with Gasteiger partial charge in [0.25, 0.3) is 0 Å². The Morgan fingerprint density at radius 1 is 1.26 bits per heavy atom. The number of benzene rings is 1. The van der Waals surface area contributed by atoms with Gasteiger partial charge >= 0.3 is 5.97 Å². The number of aromatic nitrogens is 2. The number of pyridine rings is 1. The Morgan fingerprint density at radius 3 is 2.70 bits per heavy atom. The molecule has 0 fully saturated rings. The van der Waals surface area contributed by atoms with Crippen LogP contribution >= 0.6 is 0 Å². The Kier molecular flexibility index (Phi) is 4.07. The zero-order chi connectivity index (χ0) is 16.6. The molecule has 0 unspecified atom stereocenters. The van der Waals surface area contributed by atoms with Crippen molar-refractivity contribution < 1.29 is 9.53 Å². The number of aryl methyl sites for hydroxylation is 1. The largest absolute Gasteiger partial charge is 0.461 e. The van der Waals surface area contributed by atoms with E-state index >= 15 is 0 Å². The van der Waals surface area contributed by atoms with Crippen molar-refractivity contribution in [2.45, 2.75) is 34.2 Å². The van der Waals surface area contributed by atoms with Crippen LogP contribution in [-0.4, -0.2) is 22.1 Å². The summed E-state index contributed by atoms with van der Waals surface area (Å²) in [5.41, 5.74) is 3.53. The van der Waals surface area contributed by atoms with Crippen molar-refractivity contribution in [1.82, 2.24) is 9.55 Å². The number of carbonyl (C=O) groups excluding carboxylic acids is 1. The van der Waals surface area contributed by atoms with Crippen LogP contribution in [0.15, 0.2) is 30.3 Å². The maximum atomic E-state index is 12.1. The third-order valence-corrected chi connectivity index (χ3v) is 3.95. The Balaban J connectivity index is 2.32. The summed E-state index contributed by atoms with van der Waals surface area (Å²) in [7, 11) is 0. The van der Waals surface area contributed by atoms with Gasteiger partial charge < -0.3 is 9.30 Å². The molecule has 3 aromatic rings. The summed E-state index contributed by atoms with van der Waals surface area (Å²) < 4.78 is 7.42. The molecule has 2 aromatic heterocycles. The molecule has 0 saturated carbocycles. The van der Waals surface area contributed by atoms with Crippen molar-refractivity contribution in [3.63, 3.8) is 0 Å². The van der Waals surface area contributed by atoms with E-state index in [-0.39, 0.29) is 5.97 Å². The predicted octanol–water partition coefficient (Wildman–Crippen LogP) is 4.33. The third kappa shape index (κ3) is 2.69. The van der Waals surface area contributed by atoms with E-state index in [1.165, 1.54) is 5.52 Å². The highest BCUT2D eigenvalue weighted by atomic mass is 16.5. The van der Waals surface area contributed by atoms with Crippen molar-refractivity contribution in [3.8, 4) is 0 Å². The first-order chi connectivity index (χ1) is 11.0. The number of esters is 1. The number of hydrogen-bond donors (Lipinski definition) is 0. The number of para-hydroxylation sites is 1. The standard InChI is InChI=1S/C19H22N2O2/c1-5-23-19(22)16-10-15-14-8-6-7-9-17(14)21(11-12(2)3)18(15)13(4)20-16/h6-10,12H,5,11H2,1-4H3. The second kappa shape index (κ2) is 6.03. The molecule has 4 nitrogen and oxygen atoms in total. The van der Waals surface area contributed by atoms with E-state index in [4.69, 9.17) is 4.74 Å². The quantitative estimate of drug-likeness (QED) is 0.674. The first-order valence-corrected chi connectivity index (χ1v) is 8.08. The molecule has 0 aliphatic rings. The number of hydrogen-bond acceptors (Lipinski definition) is 3.